The predicted molar refractivity (Wildman–Crippen MR) is 123 cm³/mol. The number of nitrogens with one attached hydrogen (secondary N) is 1. The Bertz CT molecular complexity index is 1150. The Morgan fingerprint density at radius 3 is 2.13 bits per heavy atom. The second-order valence-electron chi connectivity index (χ2n) is 8.22. The summed E-state index contributed by atoms with van der Waals surface area (Å²) in [4.78, 5) is 12.9. The monoisotopic (exact) mass is 441 g/mol. The fourth-order valence-corrected chi connectivity index (χ4v) is 4.34. The zero-order valence-electron chi connectivity index (χ0n) is 17.1. The second-order valence-corrected chi connectivity index (χ2v) is 10.4. The van der Waals surface area contributed by atoms with Gasteiger partial charge in [0, 0.05) is 21.8 Å². The Kier molecular flexibility index (Phi) is 6.34. The van der Waals surface area contributed by atoms with E-state index in [4.69, 9.17) is 11.6 Å². The van der Waals surface area contributed by atoms with Gasteiger partial charge in [0.1, 0.15) is 0 Å². The van der Waals surface area contributed by atoms with E-state index < -0.39 is 10.0 Å². The Balaban J connectivity index is 1.76. The van der Waals surface area contributed by atoms with Crippen LogP contribution in [0.15, 0.2) is 72.8 Å². The lowest BCUT2D eigenvalue weighted by molar-refractivity contribution is 0.103. The van der Waals surface area contributed by atoms with Crippen LogP contribution in [-0.2, 0) is 21.2 Å². The van der Waals surface area contributed by atoms with Crippen LogP contribution in [0.4, 0.5) is 5.69 Å². The van der Waals surface area contributed by atoms with Crippen LogP contribution in [0.25, 0.3) is 0 Å². The van der Waals surface area contributed by atoms with Crippen molar-refractivity contribution in [2.75, 3.05) is 4.72 Å². The Morgan fingerprint density at radius 2 is 1.53 bits per heavy atom. The summed E-state index contributed by atoms with van der Waals surface area (Å²) in [6.45, 7) is 6.34. The number of rotatable bonds is 6. The first-order valence-corrected chi connectivity index (χ1v) is 11.6. The quantitative estimate of drug-likeness (QED) is 0.491. The fourth-order valence-electron chi connectivity index (χ4n) is 3.03. The number of carbonyl (C=O) groups is 1. The Labute approximate surface area is 183 Å². The third kappa shape index (κ3) is 5.71. The maximum absolute atomic E-state index is 12.9. The number of sulfonamides is 1. The normalized spacial score (nSPS) is 11.9. The average molecular weight is 442 g/mol. The molecule has 30 heavy (non-hydrogen) atoms. The lowest BCUT2D eigenvalue weighted by Gasteiger charge is -2.19. The summed E-state index contributed by atoms with van der Waals surface area (Å²) in [6.07, 6.45) is 0. The van der Waals surface area contributed by atoms with Crippen molar-refractivity contribution in [3.63, 3.8) is 0 Å². The number of hydrogen-bond donors (Lipinski definition) is 1. The van der Waals surface area contributed by atoms with Gasteiger partial charge >= 0.3 is 0 Å². The van der Waals surface area contributed by atoms with Crippen molar-refractivity contribution in [1.29, 1.82) is 0 Å². The number of halogens is 1. The molecule has 0 aromatic heterocycles. The van der Waals surface area contributed by atoms with Crippen LogP contribution in [0.2, 0.25) is 5.02 Å². The highest BCUT2D eigenvalue weighted by atomic mass is 35.5. The molecule has 0 aliphatic rings. The van der Waals surface area contributed by atoms with Crippen molar-refractivity contribution < 1.29 is 13.2 Å². The van der Waals surface area contributed by atoms with Gasteiger partial charge < -0.3 is 0 Å². The Hall–Kier alpha value is -2.63. The van der Waals surface area contributed by atoms with E-state index in [1.807, 2.05) is 12.1 Å². The minimum Gasteiger partial charge on any atom is -0.289 e. The molecular formula is C24H24ClNO3S. The van der Waals surface area contributed by atoms with E-state index in [2.05, 4.69) is 25.5 Å². The molecule has 0 fully saturated rings. The third-order valence-electron chi connectivity index (χ3n) is 4.68. The molecule has 0 radical (unpaired) electrons. The van der Waals surface area contributed by atoms with E-state index in [1.54, 1.807) is 60.7 Å². The molecule has 0 amide bonds. The molecule has 6 heteroatoms. The van der Waals surface area contributed by atoms with E-state index in [1.165, 1.54) is 0 Å². The summed E-state index contributed by atoms with van der Waals surface area (Å²) in [6, 6.07) is 20.7. The molecule has 0 atom stereocenters. The van der Waals surface area contributed by atoms with Crippen LogP contribution in [0.3, 0.4) is 0 Å². The summed E-state index contributed by atoms with van der Waals surface area (Å²) in [5, 5.41) is 0.547. The molecular weight excluding hydrogens is 418 g/mol. The highest BCUT2D eigenvalue weighted by molar-refractivity contribution is 7.91. The lowest BCUT2D eigenvalue weighted by Crippen LogP contribution is -2.15. The van der Waals surface area contributed by atoms with Crippen molar-refractivity contribution in [1.82, 2.24) is 0 Å². The minimum absolute atomic E-state index is 0.00383. The van der Waals surface area contributed by atoms with E-state index in [0.717, 1.165) is 5.56 Å². The van der Waals surface area contributed by atoms with Crippen LogP contribution in [0.5, 0.6) is 0 Å². The third-order valence-corrected chi connectivity index (χ3v) is 6.19. The van der Waals surface area contributed by atoms with Crippen molar-refractivity contribution in [2.45, 2.75) is 31.9 Å². The van der Waals surface area contributed by atoms with Gasteiger partial charge in [-0.15, -0.1) is 0 Å². The molecule has 3 aromatic carbocycles. The molecule has 3 rings (SSSR count). The molecule has 156 valence electrons. The molecule has 0 spiro atoms. The molecule has 0 saturated heterocycles. The maximum Gasteiger partial charge on any atom is 0.236 e. The van der Waals surface area contributed by atoms with Crippen LogP contribution in [-0.4, -0.2) is 14.2 Å². The summed E-state index contributed by atoms with van der Waals surface area (Å²) in [5.41, 5.74) is 3.10. The van der Waals surface area contributed by atoms with E-state index in [0.29, 0.717) is 27.4 Å². The van der Waals surface area contributed by atoms with Crippen LogP contribution in [0, 0.1) is 0 Å². The van der Waals surface area contributed by atoms with Gasteiger partial charge in [-0.3, -0.25) is 9.52 Å². The SMILES string of the molecule is CC(C)(C)c1ccc(C(=O)c2cccc(NS(=O)(=O)Cc3ccc(Cl)cc3)c2)cc1. The molecule has 0 aliphatic carbocycles. The van der Waals surface area contributed by atoms with Gasteiger partial charge in [-0.25, -0.2) is 8.42 Å². The Morgan fingerprint density at radius 1 is 0.900 bits per heavy atom. The van der Waals surface area contributed by atoms with Gasteiger partial charge in [0.15, 0.2) is 5.78 Å². The van der Waals surface area contributed by atoms with Gasteiger partial charge in [-0.1, -0.05) is 80.9 Å². The molecule has 0 heterocycles. The van der Waals surface area contributed by atoms with Crippen molar-refractivity contribution in [3.8, 4) is 0 Å². The molecule has 0 saturated carbocycles. The van der Waals surface area contributed by atoms with Gasteiger partial charge in [-0.2, -0.15) is 0 Å². The summed E-state index contributed by atoms with van der Waals surface area (Å²) >= 11 is 5.84. The van der Waals surface area contributed by atoms with Crippen LogP contribution < -0.4 is 4.72 Å². The standard InChI is InChI=1S/C24H24ClNO3S/c1-24(2,3)20-11-9-18(10-12-20)23(27)19-5-4-6-22(15-19)26-30(28,29)16-17-7-13-21(25)14-8-17/h4-15,26H,16H2,1-3H3. The first-order valence-electron chi connectivity index (χ1n) is 9.54. The van der Waals surface area contributed by atoms with Gasteiger partial charge in [0.25, 0.3) is 0 Å². The molecule has 0 unspecified atom stereocenters. The van der Waals surface area contributed by atoms with Gasteiger partial charge in [0.2, 0.25) is 10.0 Å². The summed E-state index contributed by atoms with van der Waals surface area (Å²) in [5.74, 6) is -0.342. The smallest absolute Gasteiger partial charge is 0.236 e. The number of hydrogen-bond acceptors (Lipinski definition) is 3. The van der Waals surface area contributed by atoms with E-state index in [-0.39, 0.29) is 17.0 Å². The highest BCUT2D eigenvalue weighted by Crippen LogP contribution is 2.24. The number of carbonyl (C=O) groups excluding carboxylic acids is 1. The molecule has 3 aromatic rings. The second kappa shape index (κ2) is 8.62. The van der Waals surface area contributed by atoms with Crippen molar-refractivity contribution >= 4 is 33.1 Å². The summed E-state index contributed by atoms with van der Waals surface area (Å²) < 4.78 is 27.6. The zero-order chi connectivity index (χ0) is 21.9. The lowest BCUT2D eigenvalue weighted by atomic mass is 9.86. The zero-order valence-corrected chi connectivity index (χ0v) is 18.7. The first kappa shape index (κ1) is 22.1. The van der Waals surface area contributed by atoms with Crippen LogP contribution >= 0.6 is 11.6 Å². The van der Waals surface area contributed by atoms with E-state index >= 15 is 0 Å². The van der Waals surface area contributed by atoms with Crippen LogP contribution in [0.1, 0.15) is 47.8 Å². The maximum atomic E-state index is 12.9. The largest absolute Gasteiger partial charge is 0.289 e. The predicted octanol–water partition coefficient (Wildman–Crippen LogP) is 5.81. The fraction of sp³-hybridized carbons (Fsp3) is 0.208. The van der Waals surface area contributed by atoms with Gasteiger partial charge in [0.05, 0.1) is 5.75 Å². The van der Waals surface area contributed by atoms with E-state index in [9.17, 15) is 13.2 Å². The molecule has 4 nitrogen and oxygen atoms in total. The highest BCUT2D eigenvalue weighted by Gasteiger charge is 2.16. The number of benzene rings is 3. The number of ketones is 1. The minimum atomic E-state index is -3.63. The average Bonchev–Trinajstić information content (AvgIpc) is 2.68. The summed E-state index contributed by atoms with van der Waals surface area (Å²) in [7, 11) is -3.63. The molecule has 1 N–H and O–H groups in total. The van der Waals surface area contributed by atoms with Crippen molar-refractivity contribution in [2.24, 2.45) is 0 Å². The molecule has 0 bridgehead atoms. The van der Waals surface area contributed by atoms with Gasteiger partial charge in [-0.05, 0) is 40.8 Å². The van der Waals surface area contributed by atoms with Crippen molar-refractivity contribution in [3.05, 3.63) is 100 Å². The molecule has 0 aliphatic heterocycles. The first-order chi connectivity index (χ1) is 14.0. The topological polar surface area (TPSA) is 63.2 Å². The number of anilines is 1.